The lowest BCUT2D eigenvalue weighted by atomic mass is 9.92. The zero-order valence-corrected chi connectivity index (χ0v) is 10.00. The van der Waals surface area contributed by atoms with E-state index in [1.54, 1.807) is 24.3 Å². The van der Waals surface area contributed by atoms with Crippen LogP contribution in [0.25, 0.3) is 0 Å². The molecule has 2 aromatic rings. The lowest BCUT2D eigenvalue weighted by molar-refractivity contribution is 0.112. The number of carbonyl (C=O) groups excluding carboxylic acids is 1. The van der Waals surface area contributed by atoms with Gasteiger partial charge in [0.1, 0.15) is 11.5 Å². The van der Waals surface area contributed by atoms with Gasteiger partial charge < -0.3 is 10.2 Å². The van der Waals surface area contributed by atoms with Crippen molar-refractivity contribution in [2.45, 2.75) is 12.8 Å². The van der Waals surface area contributed by atoms with E-state index >= 15 is 0 Å². The van der Waals surface area contributed by atoms with E-state index < -0.39 is 0 Å². The standard InChI is InChI=1S/C15H14O3/c1-10(11-4-6-14(17)7-5-11)12-2-3-13(9-16)15(18)8-12/h2-10,17-18H,1H3. The molecule has 0 aliphatic rings. The summed E-state index contributed by atoms with van der Waals surface area (Å²) in [6.45, 7) is 2.00. The molecule has 92 valence electrons. The zero-order valence-electron chi connectivity index (χ0n) is 10.00. The number of rotatable bonds is 3. The van der Waals surface area contributed by atoms with E-state index in [0.717, 1.165) is 11.1 Å². The van der Waals surface area contributed by atoms with Crippen LogP contribution in [0.5, 0.6) is 11.5 Å². The maximum Gasteiger partial charge on any atom is 0.153 e. The second-order valence-corrected chi connectivity index (χ2v) is 4.25. The topological polar surface area (TPSA) is 57.5 Å². The molecule has 0 aliphatic heterocycles. The van der Waals surface area contributed by atoms with Crippen molar-refractivity contribution in [1.29, 1.82) is 0 Å². The molecule has 3 nitrogen and oxygen atoms in total. The first-order chi connectivity index (χ1) is 8.61. The molecule has 2 rings (SSSR count). The van der Waals surface area contributed by atoms with Crippen molar-refractivity contribution in [1.82, 2.24) is 0 Å². The summed E-state index contributed by atoms with van der Waals surface area (Å²) < 4.78 is 0. The molecule has 0 saturated carbocycles. The molecule has 0 spiro atoms. The van der Waals surface area contributed by atoms with E-state index in [4.69, 9.17) is 0 Å². The number of phenols is 2. The first-order valence-corrected chi connectivity index (χ1v) is 5.69. The Morgan fingerprint density at radius 2 is 1.61 bits per heavy atom. The smallest absolute Gasteiger partial charge is 0.153 e. The highest BCUT2D eigenvalue weighted by Crippen LogP contribution is 2.28. The van der Waals surface area contributed by atoms with Crippen LogP contribution >= 0.6 is 0 Å². The summed E-state index contributed by atoms with van der Waals surface area (Å²) in [7, 11) is 0. The zero-order chi connectivity index (χ0) is 13.1. The molecular weight excluding hydrogens is 228 g/mol. The number of carbonyl (C=O) groups is 1. The van der Waals surface area contributed by atoms with Gasteiger partial charge in [0.2, 0.25) is 0 Å². The third-order valence-corrected chi connectivity index (χ3v) is 3.07. The van der Waals surface area contributed by atoms with Crippen LogP contribution < -0.4 is 0 Å². The summed E-state index contributed by atoms with van der Waals surface area (Å²) in [6, 6.07) is 12.0. The predicted molar refractivity (Wildman–Crippen MR) is 69.1 cm³/mol. The van der Waals surface area contributed by atoms with Gasteiger partial charge in [-0.2, -0.15) is 0 Å². The van der Waals surface area contributed by atoms with Gasteiger partial charge in [-0.05, 0) is 35.4 Å². The Kier molecular flexibility index (Phi) is 3.33. The number of benzene rings is 2. The Hall–Kier alpha value is -2.29. The Balaban J connectivity index is 2.33. The lowest BCUT2D eigenvalue weighted by Gasteiger charge is -2.13. The average molecular weight is 242 g/mol. The third-order valence-electron chi connectivity index (χ3n) is 3.07. The van der Waals surface area contributed by atoms with Crippen LogP contribution in [0.1, 0.15) is 34.3 Å². The van der Waals surface area contributed by atoms with Crippen LogP contribution in [0, 0.1) is 0 Å². The van der Waals surface area contributed by atoms with Crippen molar-refractivity contribution >= 4 is 6.29 Å². The molecular formula is C15H14O3. The second kappa shape index (κ2) is 4.92. The minimum absolute atomic E-state index is 0.00636. The quantitative estimate of drug-likeness (QED) is 0.813. The maximum atomic E-state index is 10.6. The molecule has 0 aromatic heterocycles. The minimum Gasteiger partial charge on any atom is -0.508 e. The Morgan fingerprint density at radius 1 is 1.00 bits per heavy atom. The van der Waals surface area contributed by atoms with Crippen molar-refractivity contribution in [3.05, 3.63) is 59.2 Å². The fraction of sp³-hybridized carbons (Fsp3) is 0.133. The van der Waals surface area contributed by atoms with Gasteiger partial charge in [-0.3, -0.25) is 4.79 Å². The number of aldehydes is 1. The van der Waals surface area contributed by atoms with Gasteiger partial charge in [-0.25, -0.2) is 0 Å². The second-order valence-electron chi connectivity index (χ2n) is 4.25. The first-order valence-electron chi connectivity index (χ1n) is 5.69. The molecule has 0 amide bonds. The van der Waals surface area contributed by atoms with E-state index in [9.17, 15) is 15.0 Å². The number of phenolic OH excluding ortho intramolecular Hbond substituents is 2. The SMILES string of the molecule is CC(c1ccc(O)cc1)c1ccc(C=O)c(O)c1. The van der Waals surface area contributed by atoms with Crippen LogP contribution in [0.2, 0.25) is 0 Å². The van der Waals surface area contributed by atoms with Crippen molar-refractivity contribution in [2.24, 2.45) is 0 Å². The van der Waals surface area contributed by atoms with Gasteiger partial charge in [0.15, 0.2) is 6.29 Å². The molecule has 0 radical (unpaired) electrons. The van der Waals surface area contributed by atoms with E-state index in [1.165, 1.54) is 0 Å². The number of aromatic hydroxyl groups is 2. The summed E-state index contributed by atoms with van der Waals surface area (Å²) in [5.74, 6) is 0.301. The highest BCUT2D eigenvalue weighted by Gasteiger charge is 2.10. The third kappa shape index (κ3) is 2.35. The Bertz CT molecular complexity index is 558. The number of hydrogen-bond donors (Lipinski definition) is 2. The largest absolute Gasteiger partial charge is 0.508 e. The predicted octanol–water partition coefficient (Wildman–Crippen LogP) is 3.06. The molecule has 1 unspecified atom stereocenters. The summed E-state index contributed by atoms with van der Waals surface area (Å²) in [5, 5.41) is 18.9. The molecule has 0 fully saturated rings. The Morgan fingerprint density at radius 3 is 2.17 bits per heavy atom. The van der Waals surface area contributed by atoms with Crippen LogP contribution in [0.4, 0.5) is 0 Å². The van der Waals surface area contributed by atoms with Crippen molar-refractivity contribution in [2.75, 3.05) is 0 Å². The molecule has 18 heavy (non-hydrogen) atoms. The highest BCUT2D eigenvalue weighted by molar-refractivity contribution is 5.79. The van der Waals surface area contributed by atoms with Crippen molar-refractivity contribution in [3.8, 4) is 11.5 Å². The Labute approximate surface area is 105 Å². The van der Waals surface area contributed by atoms with Gasteiger partial charge >= 0.3 is 0 Å². The molecule has 0 saturated heterocycles. The highest BCUT2D eigenvalue weighted by atomic mass is 16.3. The fourth-order valence-electron chi connectivity index (χ4n) is 1.89. The number of hydrogen-bond acceptors (Lipinski definition) is 3. The van der Waals surface area contributed by atoms with Gasteiger partial charge in [-0.15, -0.1) is 0 Å². The monoisotopic (exact) mass is 242 g/mol. The van der Waals surface area contributed by atoms with Crippen LogP contribution in [0.3, 0.4) is 0 Å². The van der Waals surface area contributed by atoms with E-state index in [2.05, 4.69) is 0 Å². The normalized spacial score (nSPS) is 12.1. The van der Waals surface area contributed by atoms with Gasteiger partial charge in [0.05, 0.1) is 5.56 Å². The molecule has 0 heterocycles. The van der Waals surface area contributed by atoms with Crippen LogP contribution in [-0.2, 0) is 0 Å². The van der Waals surface area contributed by atoms with Crippen molar-refractivity contribution in [3.63, 3.8) is 0 Å². The fourth-order valence-corrected chi connectivity index (χ4v) is 1.89. The molecule has 2 N–H and O–H groups in total. The van der Waals surface area contributed by atoms with Gasteiger partial charge in [-0.1, -0.05) is 25.1 Å². The minimum atomic E-state index is -0.00636. The average Bonchev–Trinajstić information content (AvgIpc) is 2.38. The molecule has 0 bridgehead atoms. The molecule has 1 atom stereocenters. The summed E-state index contributed by atoms with van der Waals surface area (Å²) in [6.07, 6.45) is 0.629. The van der Waals surface area contributed by atoms with E-state index in [0.29, 0.717) is 6.29 Å². The lowest BCUT2D eigenvalue weighted by Crippen LogP contribution is -1.96. The van der Waals surface area contributed by atoms with Gasteiger partial charge in [0.25, 0.3) is 0 Å². The summed E-state index contributed by atoms with van der Waals surface area (Å²) in [4.78, 5) is 10.6. The summed E-state index contributed by atoms with van der Waals surface area (Å²) >= 11 is 0. The van der Waals surface area contributed by atoms with Crippen LogP contribution in [0.15, 0.2) is 42.5 Å². The van der Waals surface area contributed by atoms with Gasteiger partial charge in [0, 0.05) is 5.92 Å². The molecule has 2 aromatic carbocycles. The van der Waals surface area contributed by atoms with Crippen molar-refractivity contribution < 1.29 is 15.0 Å². The van der Waals surface area contributed by atoms with E-state index in [1.807, 2.05) is 25.1 Å². The van der Waals surface area contributed by atoms with E-state index in [-0.39, 0.29) is 23.0 Å². The molecule has 3 heteroatoms. The summed E-state index contributed by atoms with van der Waals surface area (Å²) in [5.41, 5.74) is 2.24. The first kappa shape index (κ1) is 12.2. The van der Waals surface area contributed by atoms with Crippen LogP contribution in [-0.4, -0.2) is 16.5 Å². The maximum absolute atomic E-state index is 10.6. The molecule has 0 aliphatic carbocycles.